The van der Waals surface area contributed by atoms with Crippen molar-refractivity contribution in [1.82, 2.24) is 0 Å². The van der Waals surface area contributed by atoms with Crippen LogP contribution >= 0.6 is 0 Å². The lowest BCUT2D eigenvalue weighted by Gasteiger charge is -2.29. The van der Waals surface area contributed by atoms with Gasteiger partial charge in [-0.2, -0.15) is 4.39 Å². The number of rotatable bonds is 10. The molecule has 4 nitrogen and oxygen atoms in total. The predicted octanol–water partition coefficient (Wildman–Crippen LogP) is 8.22. The maximum atomic E-state index is 15.0. The van der Waals surface area contributed by atoms with E-state index in [0.29, 0.717) is 49.2 Å². The SMILES string of the molecule is CCCCOC1CCC(c2ccc(OC(=O)C3CCC(c4ccc(OCC)cc4F)CC3)c(F)c2F)CC1. The van der Waals surface area contributed by atoms with Gasteiger partial charge in [0, 0.05) is 12.7 Å². The van der Waals surface area contributed by atoms with E-state index in [4.69, 9.17) is 14.2 Å². The Morgan fingerprint density at radius 1 is 0.842 bits per heavy atom. The van der Waals surface area contributed by atoms with Crippen molar-refractivity contribution in [3.05, 3.63) is 58.9 Å². The van der Waals surface area contributed by atoms with Gasteiger partial charge in [0.2, 0.25) is 5.82 Å². The van der Waals surface area contributed by atoms with Gasteiger partial charge < -0.3 is 14.2 Å². The topological polar surface area (TPSA) is 44.8 Å². The molecular weight excluding hydrogens is 493 g/mol. The molecule has 0 aromatic heterocycles. The molecule has 4 rings (SSSR count). The van der Waals surface area contributed by atoms with Gasteiger partial charge in [0.15, 0.2) is 11.6 Å². The molecule has 0 radical (unpaired) electrons. The summed E-state index contributed by atoms with van der Waals surface area (Å²) in [6.45, 7) is 5.18. The summed E-state index contributed by atoms with van der Waals surface area (Å²) in [5, 5.41) is 0. The van der Waals surface area contributed by atoms with Gasteiger partial charge in [-0.25, -0.2) is 8.78 Å². The number of carbonyl (C=O) groups is 1. The summed E-state index contributed by atoms with van der Waals surface area (Å²) < 4.78 is 61.0. The molecule has 0 N–H and O–H groups in total. The normalized spacial score (nSPS) is 23.7. The Labute approximate surface area is 223 Å². The summed E-state index contributed by atoms with van der Waals surface area (Å²) in [6, 6.07) is 7.82. The van der Waals surface area contributed by atoms with E-state index in [1.165, 1.54) is 12.1 Å². The minimum atomic E-state index is -1.11. The number of ether oxygens (including phenoxy) is 3. The molecule has 0 aliphatic heterocycles. The second kappa shape index (κ2) is 13.5. The zero-order valence-electron chi connectivity index (χ0n) is 22.4. The van der Waals surface area contributed by atoms with Crippen molar-refractivity contribution < 1.29 is 32.2 Å². The quantitative estimate of drug-likeness (QED) is 0.176. The van der Waals surface area contributed by atoms with Gasteiger partial charge in [0.25, 0.3) is 0 Å². The average molecular weight is 533 g/mol. The van der Waals surface area contributed by atoms with Crippen LogP contribution in [0, 0.1) is 23.4 Å². The Balaban J connectivity index is 1.30. The Bertz CT molecular complexity index is 1070. The number of hydrogen-bond acceptors (Lipinski definition) is 4. The first kappa shape index (κ1) is 28.5. The highest BCUT2D eigenvalue weighted by molar-refractivity contribution is 5.75. The number of unbranched alkanes of at least 4 members (excludes halogenated alkanes) is 1. The number of hydrogen-bond donors (Lipinski definition) is 0. The molecule has 2 aliphatic rings. The molecule has 0 heterocycles. The molecule has 0 bridgehead atoms. The van der Waals surface area contributed by atoms with Gasteiger partial charge in [0.05, 0.1) is 18.6 Å². The molecular formula is C31H39F3O4. The zero-order valence-corrected chi connectivity index (χ0v) is 22.4. The largest absolute Gasteiger partial charge is 0.494 e. The highest BCUT2D eigenvalue weighted by Crippen LogP contribution is 2.40. The second-order valence-electron chi connectivity index (χ2n) is 10.6. The standard InChI is InChI=1S/C31H39F3O4/c1-3-5-18-37-23-12-10-21(11-13-23)26-16-17-28(30(34)29(26)33)38-31(35)22-8-6-20(7-9-22)25-15-14-24(36-4-2)19-27(25)32/h14-17,19-23H,3-13,18H2,1-2H3. The van der Waals surface area contributed by atoms with Crippen LogP contribution in [0.4, 0.5) is 13.2 Å². The first-order valence-corrected chi connectivity index (χ1v) is 14.1. The molecule has 2 saturated carbocycles. The monoisotopic (exact) mass is 532 g/mol. The minimum Gasteiger partial charge on any atom is -0.494 e. The second-order valence-corrected chi connectivity index (χ2v) is 10.6. The highest BCUT2D eigenvalue weighted by atomic mass is 19.2. The van der Waals surface area contributed by atoms with Crippen LogP contribution in [0.15, 0.2) is 30.3 Å². The number of esters is 1. The van der Waals surface area contributed by atoms with Crippen molar-refractivity contribution >= 4 is 5.97 Å². The van der Waals surface area contributed by atoms with Gasteiger partial charge in [-0.1, -0.05) is 25.5 Å². The number of carbonyl (C=O) groups excluding carboxylic acids is 1. The van der Waals surface area contributed by atoms with Crippen LogP contribution in [0.3, 0.4) is 0 Å². The van der Waals surface area contributed by atoms with Crippen LogP contribution < -0.4 is 9.47 Å². The Morgan fingerprint density at radius 3 is 2.16 bits per heavy atom. The highest BCUT2D eigenvalue weighted by Gasteiger charge is 2.32. The maximum absolute atomic E-state index is 15.0. The smallest absolute Gasteiger partial charge is 0.314 e. The molecule has 0 amide bonds. The van der Waals surface area contributed by atoms with Gasteiger partial charge in [-0.05, 0) is 99.8 Å². The lowest BCUT2D eigenvalue weighted by Crippen LogP contribution is -2.26. The molecule has 0 saturated heterocycles. The molecule has 208 valence electrons. The fourth-order valence-corrected chi connectivity index (χ4v) is 5.80. The van der Waals surface area contributed by atoms with Crippen LogP contribution in [0.2, 0.25) is 0 Å². The van der Waals surface area contributed by atoms with Gasteiger partial charge >= 0.3 is 5.97 Å². The third kappa shape index (κ3) is 6.90. The van der Waals surface area contributed by atoms with E-state index in [1.54, 1.807) is 18.2 Å². The predicted molar refractivity (Wildman–Crippen MR) is 140 cm³/mol. The first-order valence-electron chi connectivity index (χ1n) is 14.1. The zero-order chi connectivity index (χ0) is 27.1. The minimum absolute atomic E-state index is 0.00433. The van der Waals surface area contributed by atoms with E-state index in [9.17, 15) is 18.0 Å². The first-order chi connectivity index (χ1) is 18.4. The average Bonchev–Trinajstić information content (AvgIpc) is 2.92. The molecule has 2 aromatic rings. The lowest BCUT2D eigenvalue weighted by molar-refractivity contribution is -0.140. The van der Waals surface area contributed by atoms with Crippen molar-refractivity contribution in [2.75, 3.05) is 13.2 Å². The summed E-state index contributed by atoms with van der Waals surface area (Å²) >= 11 is 0. The Kier molecular flexibility index (Phi) is 10.1. The molecule has 0 unspecified atom stereocenters. The van der Waals surface area contributed by atoms with Crippen molar-refractivity contribution in [3.63, 3.8) is 0 Å². The van der Waals surface area contributed by atoms with Crippen molar-refractivity contribution in [3.8, 4) is 11.5 Å². The van der Waals surface area contributed by atoms with Gasteiger partial charge in [-0.3, -0.25) is 4.79 Å². The van der Waals surface area contributed by atoms with Crippen LogP contribution in [0.25, 0.3) is 0 Å². The summed E-state index contributed by atoms with van der Waals surface area (Å²) in [7, 11) is 0. The van der Waals surface area contributed by atoms with Crippen molar-refractivity contribution in [2.45, 2.75) is 96.0 Å². The van der Waals surface area contributed by atoms with Crippen LogP contribution in [0.1, 0.15) is 101 Å². The van der Waals surface area contributed by atoms with Crippen LogP contribution in [-0.2, 0) is 9.53 Å². The van der Waals surface area contributed by atoms with E-state index >= 15 is 0 Å². The van der Waals surface area contributed by atoms with Crippen LogP contribution in [-0.4, -0.2) is 25.3 Å². The number of halogens is 3. The van der Waals surface area contributed by atoms with Gasteiger partial charge in [-0.15, -0.1) is 0 Å². The Hall–Kier alpha value is -2.54. The lowest BCUT2D eigenvalue weighted by atomic mass is 9.78. The molecule has 2 aliphatic carbocycles. The summed E-state index contributed by atoms with van der Waals surface area (Å²) in [4.78, 5) is 12.8. The van der Waals surface area contributed by atoms with Crippen molar-refractivity contribution in [2.24, 2.45) is 5.92 Å². The van der Waals surface area contributed by atoms with Crippen LogP contribution in [0.5, 0.6) is 11.5 Å². The van der Waals surface area contributed by atoms with Gasteiger partial charge in [0.1, 0.15) is 11.6 Å². The molecule has 38 heavy (non-hydrogen) atoms. The summed E-state index contributed by atoms with van der Waals surface area (Å²) in [5.41, 5.74) is 0.956. The number of benzene rings is 2. The third-order valence-corrected chi connectivity index (χ3v) is 8.04. The third-order valence-electron chi connectivity index (χ3n) is 8.04. The van der Waals surface area contributed by atoms with E-state index < -0.39 is 23.5 Å². The fourth-order valence-electron chi connectivity index (χ4n) is 5.80. The van der Waals surface area contributed by atoms with E-state index in [-0.39, 0.29) is 29.5 Å². The Morgan fingerprint density at radius 2 is 1.50 bits per heavy atom. The molecule has 7 heteroatoms. The summed E-state index contributed by atoms with van der Waals surface area (Å²) in [5.74, 6) is -3.29. The van der Waals surface area contributed by atoms with Crippen molar-refractivity contribution in [1.29, 1.82) is 0 Å². The molecule has 2 aromatic carbocycles. The molecule has 0 spiro atoms. The molecule has 0 atom stereocenters. The fraction of sp³-hybridized carbons (Fsp3) is 0.581. The van der Waals surface area contributed by atoms with E-state index in [0.717, 1.165) is 45.1 Å². The van der Waals surface area contributed by atoms with E-state index in [2.05, 4.69) is 6.92 Å². The maximum Gasteiger partial charge on any atom is 0.314 e. The van der Waals surface area contributed by atoms with E-state index in [1.807, 2.05) is 6.92 Å². The summed E-state index contributed by atoms with van der Waals surface area (Å²) in [6.07, 6.45) is 7.68. The molecule has 2 fully saturated rings.